The summed E-state index contributed by atoms with van der Waals surface area (Å²) in [6.45, 7) is 0. The van der Waals surface area contributed by atoms with E-state index in [2.05, 4.69) is 9.99 Å². The lowest BCUT2D eigenvalue weighted by Crippen LogP contribution is -2.27. The molecule has 0 fully saturated rings. The van der Waals surface area contributed by atoms with Crippen LogP contribution in [0, 0.1) is 0 Å². The van der Waals surface area contributed by atoms with Gasteiger partial charge >= 0.3 is 5.97 Å². The van der Waals surface area contributed by atoms with Gasteiger partial charge in [-0.25, -0.2) is 4.79 Å². The first-order valence-corrected chi connectivity index (χ1v) is 5.64. The Labute approximate surface area is 115 Å². The van der Waals surface area contributed by atoms with E-state index < -0.39 is 17.0 Å². The lowest BCUT2D eigenvalue weighted by atomic mass is 10.2. The zero-order valence-electron chi connectivity index (χ0n) is 10.7. The maximum Gasteiger partial charge on any atom is 0.365 e. The Kier molecular flexibility index (Phi) is 5.32. The van der Waals surface area contributed by atoms with Gasteiger partial charge in [0.05, 0.1) is 12.7 Å². The molecular formula is C12H13ClN2O4. The third-order valence-corrected chi connectivity index (χ3v) is 2.35. The fourth-order valence-corrected chi connectivity index (χ4v) is 1.29. The van der Waals surface area contributed by atoms with Crippen LogP contribution in [0.2, 0.25) is 0 Å². The van der Waals surface area contributed by atoms with E-state index in [1.807, 2.05) is 0 Å². The largest absolute Gasteiger partial charge is 0.497 e. The number of halogens is 1. The standard InChI is InChI=1S/C12H13ClN2O4/c1-15(2)11(16)10(13)14-19-12(17)8-4-6-9(18-3)7-5-8/h4-7H,1-3H3. The van der Waals surface area contributed by atoms with Gasteiger partial charge in [-0.3, -0.25) is 4.79 Å². The van der Waals surface area contributed by atoms with Crippen LogP contribution < -0.4 is 4.74 Å². The number of benzene rings is 1. The van der Waals surface area contributed by atoms with Crippen molar-refractivity contribution in [2.75, 3.05) is 21.2 Å². The van der Waals surface area contributed by atoms with Crippen LogP contribution in [0.4, 0.5) is 0 Å². The van der Waals surface area contributed by atoms with Crippen LogP contribution in [0.3, 0.4) is 0 Å². The normalized spacial score (nSPS) is 10.8. The van der Waals surface area contributed by atoms with E-state index in [1.165, 1.54) is 38.2 Å². The Balaban J connectivity index is 2.69. The molecule has 7 heteroatoms. The second kappa shape index (κ2) is 6.75. The van der Waals surface area contributed by atoms with Crippen molar-refractivity contribution in [3.05, 3.63) is 29.8 Å². The van der Waals surface area contributed by atoms with Crippen molar-refractivity contribution < 1.29 is 19.2 Å². The highest BCUT2D eigenvalue weighted by atomic mass is 35.5. The fraction of sp³-hybridized carbons (Fsp3) is 0.250. The molecule has 1 rings (SSSR count). The Morgan fingerprint density at radius 1 is 1.21 bits per heavy atom. The van der Waals surface area contributed by atoms with E-state index in [0.29, 0.717) is 5.75 Å². The molecule has 0 unspecified atom stereocenters. The molecule has 6 nitrogen and oxygen atoms in total. The molecule has 0 heterocycles. The summed E-state index contributed by atoms with van der Waals surface area (Å²) >= 11 is 5.57. The van der Waals surface area contributed by atoms with Crippen LogP contribution in [0.15, 0.2) is 29.4 Å². The number of oxime groups is 1. The van der Waals surface area contributed by atoms with E-state index in [-0.39, 0.29) is 5.56 Å². The highest BCUT2D eigenvalue weighted by molar-refractivity contribution is 6.82. The molecule has 0 aliphatic heterocycles. The Hall–Kier alpha value is -2.08. The molecule has 0 bridgehead atoms. The van der Waals surface area contributed by atoms with Crippen LogP contribution in [0.5, 0.6) is 5.75 Å². The average molecular weight is 285 g/mol. The molecule has 1 aromatic carbocycles. The number of methoxy groups -OCH3 is 1. The quantitative estimate of drug-likeness (QED) is 0.477. The van der Waals surface area contributed by atoms with Gasteiger partial charge in [-0.15, -0.1) is 0 Å². The van der Waals surface area contributed by atoms with Crippen molar-refractivity contribution in [3.63, 3.8) is 0 Å². The Morgan fingerprint density at radius 3 is 2.26 bits per heavy atom. The summed E-state index contributed by atoms with van der Waals surface area (Å²) in [5.41, 5.74) is 0.270. The van der Waals surface area contributed by atoms with Crippen LogP contribution in [-0.2, 0) is 9.63 Å². The van der Waals surface area contributed by atoms with Gasteiger partial charge in [-0.2, -0.15) is 0 Å². The van der Waals surface area contributed by atoms with Crippen molar-refractivity contribution in [2.24, 2.45) is 5.16 Å². The number of carbonyl (C=O) groups excluding carboxylic acids is 2. The molecule has 0 aromatic heterocycles. The number of amides is 1. The molecule has 0 saturated carbocycles. The third kappa shape index (κ3) is 4.26. The molecule has 1 amide bonds. The maximum absolute atomic E-state index is 11.6. The number of nitrogens with zero attached hydrogens (tertiary/aromatic N) is 2. The second-order valence-electron chi connectivity index (χ2n) is 3.69. The fourth-order valence-electron chi connectivity index (χ4n) is 1.08. The molecule has 19 heavy (non-hydrogen) atoms. The number of rotatable bonds is 4. The van der Waals surface area contributed by atoms with Gasteiger partial charge in [0.1, 0.15) is 5.75 Å². The SMILES string of the molecule is COc1ccc(C(=O)ON=C(Cl)C(=O)N(C)C)cc1. The molecule has 0 atom stereocenters. The van der Waals surface area contributed by atoms with Crippen LogP contribution in [-0.4, -0.2) is 43.2 Å². The first kappa shape index (κ1) is 15.0. The van der Waals surface area contributed by atoms with Gasteiger partial charge in [0.15, 0.2) is 0 Å². The van der Waals surface area contributed by atoms with E-state index >= 15 is 0 Å². The number of hydrogen-bond acceptors (Lipinski definition) is 5. The minimum atomic E-state index is -0.715. The summed E-state index contributed by atoms with van der Waals surface area (Å²) in [6, 6.07) is 6.23. The highest BCUT2D eigenvalue weighted by Crippen LogP contribution is 2.12. The predicted octanol–water partition coefficient (Wildman–Crippen LogP) is 1.49. The van der Waals surface area contributed by atoms with E-state index in [9.17, 15) is 9.59 Å². The van der Waals surface area contributed by atoms with Crippen molar-refractivity contribution in [2.45, 2.75) is 0 Å². The number of carbonyl (C=O) groups is 2. The smallest absolute Gasteiger partial charge is 0.365 e. The van der Waals surface area contributed by atoms with Gasteiger partial charge in [-0.1, -0.05) is 16.8 Å². The van der Waals surface area contributed by atoms with Gasteiger partial charge < -0.3 is 14.5 Å². The minimum absolute atomic E-state index is 0.270. The van der Waals surface area contributed by atoms with E-state index in [0.717, 1.165) is 0 Å². The predicted molar refractivity (Wildman–Crippen MR) is 70.4 cm³/mol. The summed E-state index contributed by atoms with van der Waals surface area (Å²) in [4.78, 5) is 28.7. The summed E-state index contributed by atoms with van der Waals surface area (Å²) < 4.78 is 4.95. The second-order valence-corrected chi connectivity index (χ2v) is 4.05. The number of ether oxygens (including phenoxy) is 1. The van der Waals surface area contributed by atoms with Crippen molar-refractivity contribution in [3.8, 4) is 5.75 Å². The van der Waals surface area contributed by atoms with Crippen LogP contribution in [0.1, 0.15) is 10.4 Å². The van der Waals surface area contributed by atoms with E-state index in [1.54, 1.807) is 12.1 Å². The number of hydrogen-bond donors (Lipinski definition) is 0. The third-order valence-electron chi connectivity index (χ3n) is 2.12. The first-order chi connectivity index (χ1) is 8.95. The topological polar surface area (TPSA) is 68.2 Å². The molecule has 0 radical (unpaired) electrons. The van der Waals surface area contributed by atoms with Gasteiger partial charge in [0, 0.05) is 14.1 Å². The van der Waals surface area contributed by atoms with Crippen molar-refractivity contribution in [1.29, 1.82) is 0 Å². The summed E-state index contributed by atoms with van der Waals surface area (Å²) in [5.74, 6) is -0.655. The molecule has 0 spiro atoms. The molecule has 0 aliphatic carbocycles. The first-order valence-electron chi connectivity index (χ1n) is 5.26. The molecule has 0 saturated heterocycles. The van der Waals surface area contributed by atoms with Crippen molar-refractivity contribution in [1.82, 2.24) is 4.90 Å². The minimum Gasteiger partial charge on any atom is -0.497 e. The highest BCUT2D eigenvalue weighted by Gasteiger charge is 2.13. The van der Waals surface area contributed by atoms with Crippen molar-refractivity contribution >= 4 is 28.6 Å². The average Bonchev–Trinajstić information content (AvgIpc) is 2.43. The summed E-state index contributed by atoms with van der Waals surface area (Å²) in [6.07, 6.45) is 0. The maximum atomic E-state index is 11.6. The Bertz CT molecular complexity index is 497. The van der Waals surface area contributed by atoms with Crippen LogP contribution in [0.25, 0.3) is 0 Å². The molecule has 0 aliphatic rings. The van der Waals surface area contributed by atoms with Crippen LogP contribution >= 0.6 is 11.6 Å². The van der Waals surface area contributed by atoms with E-state index in [4.69, 9.17) is 16.3 Å². The molecular weight excluding hydrogens is 272 g/mol. The van der Waals surface area contributed by atoms with Gasteiger partial charge in [-0.05, 0) is 24.3 Å². The van der Waals surface area contributed by atoms with Gasteiger partial charge in [0.2, 0.25) is 5.17 Å². The summed E-state index contributed by atoms with van der Waals surface area (Å²) in [5, 5.41) is 2.85. The molecule has 102 valence electrons. The Morgan fingerprint density at radius 2 is 1.79 bits per heavy atom. The summed E-state index contributed by atoms with van der Waals surface area (Å²) in [7, 11) is 4.53. The lowest BCUT2D eigenvalue weighted by molar-refractivity contribution is -0.121. The van der Waals surface area contributed by atoms with Gasteiger partial charge in [0.25, 0.3) is 5.91 Å². The molecule has 1 aromatic rings. The monoisotopic (exact) mass is 284 g/mol. The lowest BCUT2D eigenvalue weighted by Gasteiger charge is -2.07. The zero-order chi connectivity index (χ0) is 14.4. The molecule has 0 N–H and O–H groups in total. The zero-order valence-corrected chi connectivity index (χ0v) is 11.5.